The number of furan rings is 1. The van der Waals surface area contributed by atoms with E-state index in [0.717, 1.165) is 31.4 Å². The molecule has 1 atom stereocenters. The molecule has 2 heterocycles. The molecule has 0 bridgehead atoms. The Labute approximate surface area is 159 Å². The number of hydrogen-bond donors (Lipinski definition) is 2. The molecule has 6 nitrogen and oxygen atoms in total. The van der Waals surface area contributed by atoms with Crippen LogP contribution in [0.2, 0.25) is 0 Å². The van der Waals surface area contributed by atoms with Gasteiger partial charge in [-0.25, -0.2) is 0 Å². The Morgan fingerprint density at radius 3 is 2.63 bits per heavy atom. The van der Waals surface area contributed by atoms with Crippen LogP contribution in [0.15, 0.2) is 53.3 Å². The Morgan fingerprint density at radius 2 is 1.85 bits per heavy atom. The maximum Gasteiger partial charge on any atom is 0.257 e. The molecule has 6 heteroatoms. The number of rotatable bonds is 2. The summed E-state index contributed by atoms with van der Waals surface area (Å²) in [4.78, 5) is 26.8. The van der Waals surface area contributed by atoms with Crippen molar-refractivity contribution in [2.24, 2.45) is 0 Å². The minimum atomic E-state index is -0.0138. The third-order valence-corrected chi connectivity index (χ3v) is 4.82. The van der Waals surface area contributed by atoms with Gasteiger partial charge in [-0.05, 0) is 37.4 Å². The SMILES string of the molecule is O=C1C[C@H](c2ccccc2)NCCCCN(C(=O)c2ccoc2)CCCN1. The summed E-state index contributed by atoms with van der Waals surface area (Å²) in [7, 11) is 0. The minimum absolute atomic E-state index is 0.00983. The zero-order valence-electron chi connectivity index (χ0n) is 15.5. The number of amides is 2. The summed E-state index contributed by atoms with van der Waals surface area (Å²) in [5.74, 6) is 0.0170. The highest BCUT2D eigenvalue weighted by molar-refractivity contribution is 5.93. The number of nitrogens with one attached hydrogen (secondary N) is 2. The van der Waals surface area contributed by atoms with Crippen molar-refractivity contribution < 1.29 is 14.0 Å². The van der Waals surface area contributed by atoms with Crippen molar-refractivity contribution in [1.82, 2.24) is 15.5 Å². The normalized spacial score (nSPS) is 20.1. The molecular weight excluding hydrogens is 342 g/mol. The van der Waals surface area contributed by atoms with Crippen LogP contribution in [0.1, 0.15) is 47.6 Å². The second-order valence-electron chi connectivity index (χ2n) is 6.84. The van der Waals surface area contributed by atoms with Gasteiger partial charge in [-0.3, -0.25) is 9.59 Å². The lowest BCUT2D eigenvalue weighted by atomic mass is 10.0. The molecule has 0 radical (unpaired) electrons. The summed E-state index contributed by atoms with van der Waals surface area (Å²) in [6.07, 6.45) is 6.01. The maximum atomic E-state index is 12.6. The number of carbonyl (C=O) groups is 2. The third-order valence-electron chi connectivity index (χ3n) is 4.82. The molecule has 1 aromatic carbocycles. The van der Waals surface area contributed by atoms with Crippen LogP contribution in [0.4, 0.5) is 0 Å². The van der Waals surface area contributed by atoms with E-state index >= 15 is 0 Å². The first-order chi connectivity index (χ1) is 13.2. The van der Waals surface area contributed by atoms with Crippen molar-refractivity contribution in [3.8, 4) is 0 Å². The molecule has 1 saturated heterocycles. The van der Waals surface area contributed by atoms with Crippen LogP contribution in [0.5, 0.6) is 0 Å². The monoisotopic (exact) mass is 369 g/mol. The molecule has 2 amide bonds. The van der Waals surface area contributed by atoms with Crippen LogP contribution < -0.4 is 10.6 Å². The van der Waals surface area contributed by atoms with Crippen molar-refractivity contribution in [2.75, 3.05) is 26.2 Å². The van der Waals surface area contributed by atoms with Crippen LogP contribution >= 0.6 is 0 Å². The highest BCUT2D eigenvalue weighted by Crippen LogP contribution is 2.17. The second-order valence-corrected chi connectivity index (χ2v) is 6.84. The highest BCUT2D eigenvalue weighted by Gasteiger charge is 2.18. The fourth-order valence-electron chi connectivity index (χ4n) is 3.34. The van der Waals surface area contributed by atoms with Gasteiger partial charge in [0.05, 0.1) is 11.8 Å². The molecular formula is C21H27N3O3. The van der Waals surface area contributed by atoms with Gasteiger partial charge in [-0.2, -0.15) is 0 Å². The summed E-state index contributed by atoms with van der Waals surface area (Å²) in [6.45, 7) is 2.70. The van der Waals surface area contributed by atoms with E-state index < -0.39 is 0 Å². The van der Waals surface area contributed by atoms with E-state index in [1.807, 2.05) is 35.2 Å². The molecule has 1 fully saturated rings. The molecule has 0 unspecified atom stereocenters. The number of carbonyl (C=O) groups excluding carboxylic acids is 2. The van der Waals surface area contributed by atoms with E-state index in [2.05, 4.69) is 10.6 Å². The average molecular weight is 369 g/mol. The molecule has 1 aliphatic heterocycles. The molecule has 0 spiro atoms. The molecule has 144 valence electrons. The first-order valence-corrected chi connectivity index (χ1v) is 9.60. The first kappa shape index (κ1) is 19.2. The predicted octanol–water partition coefficient (Wildman–Crippen LogP) is 2.74. The van der Waals surface area contributed by atoms with Crippen LogP contribution in [-0.4, -0.2) is 42.9 Å². The van der Waals surface area contributed by atoms with Gasteiger partial charge in [0.2, 0.25) is 5.91 Å². The number of nitrogens with zero attached hydrogens (tertiary/aromatic N) is 1. The Balaban J connectivity index is 1.62. The Bertz CT molecular complexity index is 716. The quantitative estimate of drug-likeness (QED) is 0.854. The largest absolute Gasteiger partial charge is 0.472 e. The van der Waals surface area contributed by atoms with E-state index in [1.165, 1.54) is 12.5 Å². The van der Waals surface area contributed by atoms with Gasteiger partial charge in [0.25, 0.3) is 5.91 Å². The summed E-state index contributed by atoms with van der Waals surface area (Å²) in [5.41, 5.74) is 1.70. The van der Waals surface area contributed by atoms with E-state index in [1.54, 1.807) is 6.07 Å². The lowest BCUT2D eigenvalue weighted by Gasteiger charge is -2.22. The van der Waals surface area contributed by atoms with Gasteiger partial charge in [0, 0.05) is 32.1 Å². The number of hydrogen-bond acceptors (Lipinski definition) is 4. The van der Waals surface area contributed by atoms with Gasteiger partial charge in [0.15, 0.2) is 0 Å². The van der Waals surface area contributed by atoms with Gasteiger partial charge < -0.3 is 20.0 Å². The van der Waals surface area contributed by atoms with Crippen molar-refractivity contribution in [1.29, 1.82) is 0 Å². The molecule has 0 saturated carbocycles. The highest BCUT2D eigenvalue weighted by atomic mass is 16.3. The molecule has 2 N–H and O–H groups in total. The number of benzene rings is 1. The summed E-state index contributed by atoms with van der Waals surface area (Å²) < 4.78 is 5.03. The standard InChI is InChI=1S/C21H27N3O3/c25-20-15-19(17-7-2-1-3-8-17)22-10-4-5-12-24(13-6-11-23-20)21(26)18-9-14-27-16-18/h1-3,7-9,14,16,19,22H,4-6,10-13,15H2,(H,23,25)/t19-/m1/s1. The molecule has 3 rings (SSSR count). The molecule has 1 aromatic heterocycles. The van der Waals surface area contributed by atoms with E-state index in [4.69, 9.17) is 4.42 Å². The summed E-state index contributed by atoms with van der Waals surface area (Å²) in [6, 6.07) is 11.8. The lowest BCUT2D eigenvalue weighted by molar-refractivity contribution is -0.121. The van der Waals surface area contributed by atoms with Crippen LogP contribution in [0, 0.1) is 0 Å². The second kappa shape index (κ2) is 9.92. The Hall–Kier alpha value is -2.60. The van der Waals surface area contributed by atoms with Gasteiger partial charge in [-0.15, -0.1) is 0 Å². The summed E-state index contributed by atoms with van der Waals surface area (Å²) >= 11 is 0. The zero-order chi connectivity index (χ0) is 18.9. The first-order valence-electron chi connectivity index (χ1n) is 9.60. The van der Waals surface area contributed by atoms with Gasteiger partial charge in [0.1, 0.15) is 6.26 Å². The van der Waals surface area contributed by atoms with Gasteiger partial charge in [-0.1, -0.05) is 30.3 Å². The van der Waals surface area contributed by atoms with Crippen LogP contribution in [0.25, 0.3) is 0 Å². The minimum Gasteiger partial charge on any atom is -0.472 e. The predicted molar refractivity (Wildman–Crippen MR) is 103 cm³/mol. The topological polar surface area (TPSA) is 74.6 Å². The fourth-order valence-corrected chi connectivity index (χ4v) is 3.34. The van der Waals surface area contributed by atoms with Crippen molar-refractivity contribution in [3.63, 3.8) is 0 Å². The van der Waals surface area contributed by atoms with Crippen molar-refractivity contribution in [2.45, 2.75) is 31.7 Å². The smallest absolute Gasteiger partial charge is 0.257 e. The maximum absolute atomic E-state index is 12.6. The summed E-state index contributed by atoms with van der Waals surface area (Å²) in [5, 5.41) is 6.48. The molecule has 2 aromatic rings. The molecule has 0 aliphatic carbocycles. The van der Waals surface area contributed by atoms with E-state index in [9.17, 15) is 9.59 Å². The van der Waals surface area contributed by atoms with Crippen LogP contribution in [-0.2, 0) is 4.79 Å². The third kappa shape index (κ3) is 5.69. The zero-order valence-corrected chi connectivity index (χ0v) is 15.5. The van der Waals surface area contributed by atoms with Crippen molar-refractivity contribution in [3.05, 3.63) is 60.1 Å². The lowest BCUT2D eigenvalue weighted by Crippen LogP contribution is -2.35. The van der Waals surface area contributed by atoms with E-state index in [-0.39, 0.29) is 17.9 Å². The van der Waals surface area contributed by atoms with Crippen LogP contribution in [0.3, 0.4) is 0 Å². The fraction of sp³-hybridized carbons (Fsp3) is 0.429. The van der Waals surface area contributed by atoms with E-state index in [0.29, 0.717) is 31.6 Å². The van der Waals surface area contributed by atoms with Crippen molar-refractivity contribution >= 4 is 11.8 Å². The van der Waals surface area contributed by atoms with Gasteiger partial charge >= 0.3 is 0 Å². The molecule has 27 heavy (non-hydrogen) atoms. The Morgan fingerprint density at radius 1 is 1.04 bits per heavy atom. The average Bonchev–Trinajstić information content (AvgIpc) is 3.23. The molecule has 1 aliphatic rings. The Kier molecular flexibility index (Phi) is 7.04.